The molecule has 0 aliphatic heterocycles. The zero-order chi connectivity index (χ0) is 14.0. The zero-order valence-corrected chi connectivity index (χ0v) is 12.6. The second-order valence-corrected chi connectivity index (χ2v) is 5.99. The summed E-state index contributed by atoms with van der Waals surface area (Å²) in [5.74, 6) is 0.116. The molecule has 2 aromatic rings. The average Bonchev–Trinajstić information content (AvgIpc) is 2.51. The van der Waals surface area contributed by atoms with Crippen LogP contribution in [0.5, 0.6) is 0 Å². The van der Waals surface area contributed by atoms with E-state index in [1.54, 1.807) is 0 Å². The Bertz CT molecular complexity index is 646. The van der Waals surface area contributed by atoms with Gasteiger partial charge in [-0.25, -0.2) is 0 Å². The van der Waals surface area contributed by atoms with Crippen molar-refractivity contribution in [1.29, 1.82) is 0 Å². The third-order valence-corrected chi connectivity index (χ3v) is 4.32. The van der Waals surface area contributed by atoms with Crippen LogP contribution in [0.15, 0.2) is 83.4 Å². The van der Waals surface area contributed by atoms with E-state index in [0.717, 1.165) is 10.0 Å². The van der Waals surface area contributed by atoms with Gasteiger partial charge >= 0.3 is 0 Å². The van der Waals surface area contributed by atoms with Gasteiger partial charge in [-0.2, -0.15) is 0 Å². The van der Waals surface area contributed by atoms with Crippen LogP contribution in [0.1, 0.15) is 17.0 Å². The van der Waals surface area contributed by atoms with Gasteiger partial charge in [0.05, 0.1) is 5.54 Å². The maximum Gasteiger partial charge on any atom is 0.0704 e. The molecule has 2 N–H and O–H groups in total. The molecule has 2 aromatic carbocycles. The highest BCUT2D eigenvalue weighted by Crippen LogP contribution is 2.41. The van der Waals surface area contributed by atoms with E-state index in [4.69, 9.17) is 5.73 Å². The van der Waals surface area contributed by atoms with E-state index in [0.29, 0.717) is 0 Å². The monoisotopic (exact) mass is 325 g/mol. The first kappa shape index (κ1) is 13.3. The van der Waals surface area contributed by atoms with Crippen LogP contribution in [0.3, 0.4) is 0 Å². The summed E-state index contributed by atoms with van der Waals surface area (Å²) in [5, 5.41) is 0. The van der Waals surface area contributed by atoms with Crippen molar-refractivity contribution in [2.24, 2.45) is 5.73 Å². The van der Waals surface area contributed by atoms with Gasteiger partial charge < -0.3 is 5.73 Å². The van der Waals surface area contributed by atoms with Crippen molar-refractivity contribution in [3.05, 3.63) is 94.5 Å². The molecule has 2 heteroatoms. The lowest BCUT2D eigenvalue weighted by Gasteiger charge is -2.36. The van der Waals surface area contributed by atoms with Crippen molar-refractivity contribution < 1.29 is 0 Å². The fourth-order valence-corrected chi connectivity index (χ4v) is 3.11. The molecule has 1 aliphatic carbocycles. The van der Waals surface area contributed by atoms with Crippen molar-refractivity contribution in [2.75, 3.05) is 0 Å². The van der Waals surface area contributed by atoms with E-state index >= 15 is 0 Å². The molecule has 0 saturated carbocycles. The largest absolute Gasteiger partial charge is 0.317 e. The number of rotatable bonds is 2. The van der Waals surface area contributed by atoms with Crippen LogP contribution in [0.25, 0.3) is 0 Å². The first-order valence-electron chi connectivity index (χ1n) is 6.66. The Hall–Kier alpha value is -1.64. The maximum atomic E-state index is 6.77. The number of hydrogen-bond acceptors (Lipinski definition) is 1. The number of hydrogen-bond donors (Lipinski definition) is 1. The molecular formula is C18H16BrN. The molecule has 0 amide bonds. The Kier molecular flexibility index (Phi) is 3.60. The maximum absolute atomic E-state index is 6.77. The van der Waals surface area contributed by atoms with E-state index in [1.807, 2.05) is 30.3 Å². The van der Waals surface area contributed by atoms with E-state index < -0.39 is 5.54 Å². The van der Waals surface area contributed by atoms with Gasteiger partial charge in [0.2, 0.25) is 0 Å². The Labute approximate surface area is 128 Å². The Morgan fingerprint density at radius 2 is 1.50 bits per heavy atom. The molecule has 0 radical (unpaired) electrons. The molecule has 0 bridgehead atoms. The van der Waals surface area contributed by atoms with Crippen LogP contribution in [-0.4, -0.2) is 0 Å². The van der Waals surface area contributed by atoms with Crippen LogP contribution < -0.4 is 5.73 Å². The fourth-order valence-electron chi connectivity index (χ4n) is 2.71. The minimum Gasteiger partial charge on any atom is -0.317 e. The number of nitrogens with two attached hydrogens (primary N) is 1. The van der Waals surface area contributed by atoms with E-state index in [9.17, 15) is 0 Å². The van der Waals surface area contributed by atoms with Gasteiger partial charge in [0.15, 0.2) is 0 Å². The smallest absolute Gasteiger partial charge is 0.0704 e. The molecule has 1 nitrogen and oxygen atoms in total. The molecular weight excluding hydrogens is 310 g/mol. The highest BCUT2D eigenvalue weighted by molar-refractivity contribution is 9.11. The lowest BCUT2D eigenvalue weighted by Crippen LogP contribution is -2.41. The van der Waals surface area contributed by atoms with Crippen LogP contribution >= 0.6 is 15.9 Å². The van der Waals surface area contributed by atoms with Crippen molar-refractivity contribution in [2.45, 2.75) is 11.5 Å². The van der Waals surface area contributed by atoms with Gasteiger partial charge in [0.1, 0.15) is 0 Å². The van der Waals surface area contributed by atoms with Gasteiger partial charge in [0, 0.05) is 10.4 Å². The van der Waals surface area contributed by atoms with Gasteiger partial charge in [-0.3, -0.25) is 0 Å². The highest BCUT2D eigenvalue weighted by atomic mass is 79.9. The molecule has 100 valence electrons. The summed E-state index contributed by atoms with van der Waals surface area (Å²) in [7, 11) is 0. The SMILES string of the molecule is NC1(c2ccccc2)C=CC(Br)=CC1c1ccccc1. The van der Waals surface area contributed by atoms with Crippen LogP contribution in [0.4, 0.5) is 0 Å². The third kappa shape index (κ3) is 2.37. The number of benzene rings is 2. The van der Waals surface area contributed by atoms with Crippen LogP contribution in [0.2, 0.25) is 0 Å². The Balaban J connectivity index is 2.12. The summed E-state index contributed by atoms with van der Waals surface area (Å²) in [6, 6.07) is 20.7. The van der Waals surface area contributed by atoms with Crippen molar-refractivity contribution in [1.82, 2.24) is 0 Å². The first-order valence-corrected chi connectivity index (χ1v) is 7.45. The summed E-state index contributed by atoms with van der Waals surface area (Å²) in [6.45, 7) is 0. The molecule has 0 saturated heterocycles. The summed E-state index contributed by atoms with van der Waals surface area (Å²) in [5.41, 5.74) is 8.60. The van der Waals surface area contributed by atoms with Crippen LogP contribution in [-0.2, 0) is 5.54 Å². The standard InChI is InChI=1S/C18H16BrN/c19-16-11-12-18(20,15-9-5-2-6-10-15)17(13-16)14-7-3-1-4-8-14/h1-13,17H,20H2. The first-order chi connectivity index (χ1) is 9.70. The highest BCUT2D eigenvalue weighted by Gasteiger charge is 2.35. The summed E-state index contributed by atoms with van der Waals surface area (Å²) in [4.78, 5) is 0. The van der Waals surface area contributed by atoms with Crippen molar-refractivity contribution in [3.8, 4) is 0 Å². The Morgan fingerprint density at radius 3 is 2.15 bits per heavy atom. The number of allylic oxidation sites excluding steroid dienone is 2. The minimum atomic E-state index is -0.514. The van der Waals surface area contributed by atoms with Crippen molar-refractivity contribution in [3.63, 3.8) is 0 Å². The molecule has 0 spiro atoms. The molecule has 0 heterocycles. The van der Waals surface area contributed by atoms with Crippen LogP contribution in [0, 0.1) is 0 Å². The van der Waals surface area contributed by atoms with E-state index in [1.165, 1.54) is 5.56 Å². The predicted molar refractivity (Wildman–Crippen MR) is 87.6 cm³/mol. The van der Waals surface area contributed by atoms with Gasteiger partial charge in [-0.15, -0.1) is 0 Å². The van der Waals surface area contributed by atoms with Gasteiger partial charge in [-0.05, 0) is 11.1 Å². The quantitative estimate of drug-likeness (QED) is 0.865. The summed E-state index contributed by atoms with van der Waals surface area (Å²) in [6.07, 6.45) is 6.30. The Morgan fingerprint density at radius 1 is 0.900 bits per heavy atom. The lowest BCUT2D eigenvalue weighted by molar-refractivity contribution is 0.496. The molecule has 3 rings (SSSR count). The zero-order valence-electron chi connectivity index (χ0n) is 11.0. The predicted octanol–water partition coefficient (Wildman–Crippen LogP) is 4.47. The molecule has 0 aromatic heterocycles. The summed E-state index contributed by atoms with van der Waals surface area (Å²) >= 11 is 3.57. The second kappa shape index (κ2) is 5.39. The summed E-state index contributed by atoms with van der Waals surface area (Å²) < 4.78 is 1.07. The number of halogens is 1. The molecule has 1 aliphatic rings. The normalized spacial score (nSPS) is 25.3. The molecule has 0 fully saturated rings. The van der Waals surface area contributed by atoms with E-state index in [-0.39, 0.29) is 5.92 Å². The molecule has 20 heavy (non-hydrogen) atoms. The third-order valence-electron chi connectivity index (χ3n) is 3.79. The second-order valence-electron chi connectivity index (χ2n) is 5.07. The van der Waals surface area contributed by atoms with E-state index in [2.05, 4.69) is 64.5 Å². The van der Waals surface area contributed by atoms with Gasteiger partial charge in [0.25, 0.3) is 0 Å². The fraction of sp³-hybridized carbons (Fsp3) is 0.111. The van der Waals surface area contributed by atoms with Gasteiger partial charge in [-0.1, -0.05) is 94.8 Å². The topological polar surface area (TPSA) is 26.0 Å². The van der Waals surface area contributed by atoms with Crippen molar-refractivity contribution >= 4 is 15.9 Å². The lowest BCUT2D eigenvalue weighted by atomic mass is 9.73. The molecule has 2 unspecified atom stereocenters. The minimum absolute atomic E-state index is 0.116. The molecule has 2 atom stereocenters. The average molecular weight is 326 g/mol.